The standard InChI is InChI=1S/C24H21N5/c1-15-11-18(9-10-26-15)24-21-13-19(6-8-23(21)28-29-24)27-22-4-2-3-17-12-16(14-25)5-7-20(17)22/h5-13,22,27H,2-4H2,1H3,(H,28,29). The summed E-state index contributed by atoms with van der Waals surface area (Å²) in [4.78, 5) is 4.29. The lowest BCUT2D eigenvalue weighted by Gasteiger charge is -2.27. The Kier molecular flexibility index (Phi) is 4.25. The monoisotopic (exact) mass is 379 g/mol. The quantitative estimate of drug-likeness (QED) is 0.507. The van der Waals surface area contributed by atoms with Crippen LogP contribution in [-0.4, -0.2) is 15.2 Å². The Morgan fingerprint density at radius 3 is 2.93 bits per heavy atom. The van der Waals surface area contributed by atoms with Crippen molar-refractivity contribution in [2.75, 3.05) is 5.32 Å². The van der Waals surface area contributed by atoms with Crippen molar-refractivity contribution in [3.8, 4) is 17.3 Å². The van der Waals surface area contributed by atoms with Crippen LogP contribution in [0.2, 0.25) is 0 Å². The number of aromatic amines is 1. The molecule has 1 aliphatic carbocycles. The number of aromatic nitrogens is 3. The minimum atomic E-state index is 0.252. The molecule has 2 heterocycles. The first-order valence-corrected chi connectivity index (χ1v) is 9.92. The Labute approximate surface area is 169 Å². The van der Waals surface area contributed by atoms with Crippen molar-refractivity contribution in [3.05, 3.63) is 77.1 Å². The van der Waals surface area contributed by atoms with Gasteiger partial charge in [0.2, 0.25) is 0 Å². The van der Waals surface area contributed by atoms with E-state index in [2.05, 4.69) is 56.9 Å². The van der Waals surface area contributed by atoms with Gasteiger partial charge in [-0.3, -0.25) is 10.1 Å². The molecule has 0 fully saturated rings. The Morgan fingerprint density at radius 2 is 2.07 bits per heavy atom. The summed E-state index contributed by atoms with van der Waals surface area (Å²) in [6.07, 6.45) is 5.06. The summed E-state index contributed by atoms with van der Waals surface area (Å²) < 4.78 is 0. The zero-order valence-corrected chi connectivity index (χ0v) is 16.2. The molecule has 5 rings (SSSR count). The first kappa shape index (κ1) is 17.4. The summed E-state index contributed by atoms with van der Waals surface area (Å²) in [5.41, 5.74) is 8.39. The molecule has 0 saturated carbocycles. The number of anilines is 1. The molecule has 29 heavy (non-hydrogen) atoms. The molecule has 0 aliphatic heterocycles. The highest BCUT2D eigenvalue weighted by atomic mass is 15.1. The van der Waals surface area contributed by atoms with Gasteiger partial charge in [-0.05, 0) is 79.8 Å². The van der Waals surface area contributed by atoms with Gasteiger partial charge in [0.15, 0.2) is 0 Å². The molecule has 1 atom stereocenters. The molecule has 4 aromatic rings. The third-order valence-corrected chi connectivity index (χ3v) is 5.66. The van der Waals surface area contributed by atoms with Crippen molar-refractivity contribution >= 4 is 16.6 Å². The second kappa shape index (κ2) is 7.06. The molecule has 142 valence electrons. The van der Waals surface area contributed by atoms with E-state index >= 15 is 0 Å². The maximum absolute atomic E-state index is 9.18. The summed E-state index contributed by atoms with van der Waals surface area (Å²) in [5, 5.41) is 21.7. The molecular formula is C24H21N5. The average molecular weight is 379 g/mol. The third kappa shape index (κ3) is 3.23. The van der Waals surface area contributed by atoms with E-state index in [4.69, 9.17) is 0 Å². The molecule has 0 saturated heterocycles. The van der Waals surface area contributed by atoms with Crippen molar-refractivity contribution < 1.29 is 0 Å². The van der Waals surface area contributed by atoms with Gasteiger partial charge in [0, 0.05) is 28.5 Å². The fourth-order valence-corrected chi connectivity index (χ4v) is 4.25. The summed E-state index contributed by atoms with van der Waals surface area (Å²) in [6.45, 7) is 1.99. The van der Waals surface area contributed by atoms with E-state index in [-0.39, 0.29) is 6.04 Å². The van der Waals surface area contributed by atoms with Gasteiger partial charge in [-0.25, -0.2) is 0 Å². The van der Waals surface area contributed by atoms with Crippen molar-refractivity contribution in [1.29, 1.82) is 5.26 Å². The highest BCUT2D eigenvalue weighted by Gasteiger charge is 2.21. The molecule has 5 heteroatoms. The molecule has 0 amide bonds. The number of hydrogen-bond acceptors (Lipinski definition) is 4. The van der Waals surface area contributed by atoms with Crippen molar-refractivity contribution in [1.82, 2.24) is 15.2 Å². The lowest BCUT2D eigenvalue weighted by Crippen LogP contribution is -2.17. The van der Waals surface area contributed by atoms with Crippen LogP contribution in [0.15, 0.2) is 54.7 Å². The predicted octanol–water partition coefficient (Wildman–Crippen LogP) is 5.29. The first-order chi connectivity index (χ1) is 14.2. The number of nitriles is 1. The van der Waals surface area contributed by atoms with Crippen LogP contribution in [0.1, 0.15) is 41.3 Å². The summed E-state index contributed by atoms with van der Waals surface area (Å²) in [6, 6.07) is 18.9. The van der Waals surface area contributed by atoms with Crippen LogP contribution in [0.25, 0.3) is 22.2 Å². The van der Waals surface area contributed by atoms with E-state index in [1.54, 1.807) is 0 Å². The van der Waals surface area contributed by atoms with E-state index in [9.17, 15) is 5.26 Å². The van der Waals surface area contributed by atoms with Gasteiger partial charge in [0.05, 0.1) is 23.2 Å². The van der Waals surface area contributed by atoms with Crippen LogP contribution >= 0.6 is 0 Å². The number of rotatable bonds is 3. The minimum Gasteiger partial charge on any atom is -0.378 e. The van der Waals surface area contributed by atoms with Gasteiger partial charge in [0.25, 0.3) is 0 Å². The van der Waals surface area contributed by atoms with Crippen molar-refractivity contribution in [2.45, 2.75) is 32.2 Å². The average Bonchev–Trinajstić information content (AvgIpc) is 3.17. The van der Waals surface area contributed by atoms with Gasteiger partial charge in [-0.15, -0.1) is 0 Å². The molecule has 1 aliphatic rings. The van der Waals surface area contributed by atoms with E-state index in [0.29, 0.717) is 0 Å². The van der Waals surface area contributed by atoms with E-state index in [1.165, 1.54) is 11.1 Å². The van der Waals surface area contributed by atoms with Crippen molar-refractivity contribution in [2.24, 2.45) is 0 Å². The van der Waals surface area contributed by atoms with Gasteiger partial charge in [-0.2, -0.15) is 10.4 Å². The molecule has 2 aromatic carbocycles. The molecule has 2 N–H and O–H groups in total. The minimum absolute atomic E-state index is 0.252. The van der Waals surface area contributed by atoms with Gasteiger partial charge in [0.1, 0.15) is 5.69 Å². The highest BCUT2D eigenvalue weighted by Crippen LogP contribution is 2.35. The van der Waals surface area contributed by atoms with Gasteiger partial charge in [-0.1, -0.05) is 6.07 Å². The van der Waals surface area contributed by atoms with E-state index in [0.717, 1.165) is 58.4 Å². The fourth-order valence-electron chi connectivity index (χ4n) is 4.25. The molecular weight excluding hydrogens is 358 g/mol. The molecule has 1 unspecified atom stereocenters. The topological polar surface area (TPSA) is 77.4 Å². The zero-order valence-electron chi connectivity index (χ0n) is 16.2. The van der Waals surface area contributed by atoms with Crippen LogP contribution in [0, 0.1) is 18.3 Å². The number of aryl methyl sites for hydroxylation is 2. The number of nitrogens with one attached hydrogen (secondary N) is 2. The second-order valence-electron chi connectivity index (χ2n) is 7.63. The van der Waals surface area contributed by atoms with Crippen LogP contribution in [0.3, 0.4) is 0 Å². The largest absolute Gasteiger partial charge is 0.378 e. The lowest BCUT2D eigenvalue weighted by molar-refractivity contribution is 0.600. The van der Waals surface area contributed by atoms with E-state index in [1.807, 2.05) is 31.3 Å². The van der Waals surface area contributed by atoms with Gasteiger partial charge >= 0.3 is 0 Å². The number of benzene rings is 2. The SMILES string of the molecule is Cc1cc(-c2n[nH]c3ccc(NC4CCCc5cc(C#N)ccc54)cc23)ccn1. The summed E-state index contributed by atoms with van der Waals surface area (Å²) in [7, 11) is 0. The smallest absolute Gasteiger partial charge is 0.100 e. The number of fused-ring (bicyclic) bond motifs is 2. The number of hydrogen-bond donors (Lipinski definition) is 2. The first-order valence-electron chi connectivity index (χ1n) is 9.92. The predicted molar refractivity (Wildman–Crippen MR) is 115 cm³/mol. The number of H-pyrrole nitrogens is 1. The molecule has 5 nitrogen and oxygen atoms in total. The number of nitrogens with zero attached hydrogens (tertiary/aromatic N) is 3. The Hall–Kier alpha value is -3.65. The second-order valence-corrected chi connectivity index (χ2v) is 7.63. The zero-order chi connectivity index (χ0) is 19.8. The Balaban J connectivity index is 1.50. The van der Waals surface area contributed by atoms with Crippen LogP contribution in [0.5, 0.6) is 0 Å². The molecule has 2 aromatic heterocycles. The Bertz CT molecular complexity index is 1250. The molecule has 0 spiro atoms. The van der Waals surface area contributed by atoms with Gasteiger partial charge < -0.3 is 5.32 Å². The third-order valence-electron chi connectivity index (χ3n) is 5.66. The molecule has 0 bridgehead atoms. The fraction of sp³-hybridized carbons (Fsp3) is 0.208. The van der Waals surface area contributed by atoms with Crippen molar-refractivity contribution in [3.63, 3.8) is 0 Å². The maximum Gasteiger partial charge on any atom is 0.100 e. The van der Waals surface area contributed by atoms with Crippen LogP contribution in [0.4, 0.5) is 5.69 Å². The Morgan fingerprint density at radius 1 is 1.14 bits per heavy atom. The highest BCUT2D eigenvalue weighted by molar-refractivity contribution is 5.94. The number of pyridine rings is 1. The molecule has 0 radical (unpaired) electrons. The maximum atomic E-state index is 9.18. The normalized spacial score (nSPS) is 15.7. The summed E-state index contributed by atoms with van der Waals surface area (Å²) >= 11 is 0. The van der Waals surface area contributed by atoms with E-state index < -0.39 is 0 Å². The lowest BCUT2D eigenvalue weighted by atomic mass is 9.86. The van der Waals surface area contributed by atoms with Crippen LogP contribution in [-0.2, 0) is 6.42 Å². The summed E-state index contributed by atoms with van der Waals surface area (Å²) in [5.74, 6) is 0. The van der Waals surface area contributed by atoms with Crippen LogP contribution < -0.4 is 5.32 Å².